The fraction of sp³-hybridized carbons (Fsp3) is 0.591. The summed E-state index contributed by atoms with van der Waals surface area (Å²) in [5.41, 5.74) is 1.48. The lowest BCUT2D eigenvalue weighted by molar-refractivity contribution is -0.140. The molecule has 6 N–H and O–H groups in total. The Hall–Kier alpha value is -2.14. The van der Waals surface area contributed by atoms with E-state index in [2.05, 4.69) is 10.6 Å². The van der Waals surface area contributed by atoms with Crippen LogP contribution in [0.2, 0.25) is 0 Å². The fourth-order valence-electron chi connectivity index (χ4n) is 4.22. The molecule has 178 valence electrons. The smallest absolute Gasteiger partial charge is 0.323 e. The first-order valence-electron chi connectivity index (χ1n) is 10.8. The third-order valence-corrected chi connectivity index (χ3v) is 7.05. The summed E-state index contributed by atoms with van der Waals surface area (Å²) < 4.78 is 0. The average Bonchev–Trinajstić information content (AvgIpc) is 2.88. The number of piperidine rings is 1. The molecule has 1 fully saturated rings. The molecule has 0 spiro atoms. The van der Waals surface area contributed by atoms with Crippen LogP contribution in [-0.4, -0.2) is 76.8 Å². The van der Waals surface area contributed by atoms with Gasteiger partial charge >= 0.3 is 11.9 Å². The van der Waals surface area contributed by atoms with Crippen molar-refractivity contribution in [2.45, 2.75) is 44.2 Å². The zero-order valence-corrected chi connectivity index (χ0v) is 18.9. The lowest BCUT2D eigenvalue weighted by atomic mass is 9.96. The van der Waals surface area contributed by atoms with Gasteiger partial charge in [-0.1, -0.05) is 18.2 Å². The topological polar surface area (TPSA) is 150 Å². The van der Waals surface area contributed by atoms with E-state index < -0.39 is 36.5 Å². The number of fused-ring (bicyclic) bond motifs is 1. The van der Waals surface area contributed by atoms with Crippen LogP contribution in [-0.2, 0) is 20.8 Å². The second-order valence-electron chi connectivity index (χ2n) is 8.15. The third-order valence-electron chi connectivity index (χ3n) is 5.96. The molecule has 0 bridgehead atoms. The molecule has 2 aliphatic rings. The molecule has 2 atom stereocenters. The summed E-state index contributed by atoms with van der Waals surface area (Å²) in [6.45, 7) is 1.65. The SMILES string of the molecule is O.O=C(O)CN1C(=O)C(N[C@@H](CSCCC2CCNCC2)C(=O)O)CCc2ccccc21. The molecule has 0 aliphatic carbocycles. The van der Waals surface area contributed by atoms with Crippen molar-refractivity contribution in [2.75, 3.05) is 36.0 Å². The molecule has 1 amide bonds. The summed E-state index contributed by atoms with van der Waals surface area (Å²) in [4.78, 5) is 37.6. The first-order valence-corrected chi connectivity index (χ1v) is 12.0. The number of benzene rings is 1. The minimum Gasteiger partial charge on any atom is -0.480 e. The van der Waals surface area contributed by atoms with Crippen LogP contribution in [0.5, 0.6) is 0 Å². The predicted octanol–water partition coefficient (Wildman–Crippen LogP) is 0.760. The average molecular weight is 468 g/mol. The van der Waals surface area contributed by atoms with E-state index in [0.717, 1.165) is 43.7 Å². The quantitative estimate of drug-likeness (QED) is 0.368. The van der Waals surface area contributed by atoms with Gasteiger partial charge in [-0.2, -0.15) is 11.8 Å². The zero-order valence-electron chi connectivity index (χ0n) is 18.1. The lowest BCUT2D eigenvalue weighted by Gasteiger charge is -2.27. The molecular weight excluding hydrogens is 434 g/mol. The molecule has 9 nitrogen and oxygen atoms in total. The number of nitrogens with one attached hydrogen (secondary N) is 2. The van der Waals surface area contributed by atoms with Crippen LogP contribution in [0, 0.1) is 5.92 Å². The maximum Gasteiger partial charge on any atom is 0.323 e. The number of nitrogens with zero attached hydrogens (tertiary/aromatic N) is 1. The summed E-state index contributed by atoms with van der Waals surface area (Å²) in [6.07, 6.45) is 4.40. The number of rotatable bonds is 10. The summed E-state index contributed by atoms with van der Waals surface area (Å²) in [7, 11) is 0. The van der Waals surface area contributed by atoms with Gasteiger partial charge < -0.3 is 21.0 Å². The molecule has 1 saturated heterocycles. The molecular formula is C22H33N3O6S. The molecule has 3 rings (SSSR count). The van der Waals surface area contributed by atoms with Crippen LogP contribution in [0.25, 0.3) is 0 Å². The van der Waals surface area contributed by atoms with E-state index in [1.165, 1.54) is 4.90 Å². The van der Waals surface area contributed by atoms with Gasteiger partial charge in [0.15, 0.2) is 0 Å². The highest BCUT2D eigenvalue weighted by Gasteiger charge is 2.34. The van der Waals surface area contributed by atoms with Crippen molar-refractivity contribution in [1.29, 1.82) is 0 Å². The van der Waals surface area contributed by atoms with Gasteiger partial charge in [-0.25, -0.2) is 0 Å². The third kappa shape index (κ3) is 7.19. The molecule has 1 unspecified atom stereocenters. The van der Waals surface area contributed by atoms with Gasteiger partial charge in [-0.15, -0.1) is 0 Å². The number of carbonyl (C=O) groups is 3. The molecule has 2 aliphatic heterocycles. The van der Waals surface area contributed by atoms with Gasteiger partial charge in [0.05, 0.1) is 6.04 Å². The normalized spacial score (nSPS) is 20.1. The molecule has 32 heavy (non-hydrogen) atoms. The number of anilines is 1. The largest absolute Gasteiger partial charge is 0.480 e. The molecule has 10 heteroatoms. The van der Waals surface area contributed by atoms with E-state index in [4.69, 9.17) is 0 Å². The Kier molecular flexibility index (Phi) is 10.4. The van der Waals surface area contributed by atoms with E-state index in [0.29, 0.717) is 30.2 Å². The van der Waals surface area contributed by atoms with Crippen LogP contribution in [0.15, 0.2) is 24.3 Å². The van der Waals surface area contributed by atoms with Gasteiger partial charge in [-0.3, -0.25) is 24.6 Å². The van der Waals surface area contributed by atoms with Crippen molar-refractivity contribution < 1.29 is 30.1 Å². The van der Waals surface area contributed by atoms with Crippen LogP contribution < -0.4 is 15.5 Å². The minimum absolute atomic E-state index is 0. The summed E-state index contributed by atoms with van der Waals surface area (Å²) in [5, 5.41) is 25.3. The summed E-state index contributed by atoms with van der Waals surface area (Å²) in [5.74, 6) is -0.531. The van der Waals surface area contributed by atoms with Crippen molar-refractivity contribution in [3.63, 3.8) is 0 Å². The Balaban J connectivity index is 0.00000363. The number of amides is 1. The monoisotopic (exact) mass is 467 g/mol. The Labute approximate surface area is 192 Å². The van der Waals surface area contributed by atoms with E-state index >= 15 is 0 Å². The van der Waals surface area contributed by atoms with Crippen molar-refractivity contribution >= 4 is 35.3 Å². The fourth-order valence-corrected chi connectivity index (χ4v) is 5.36. The van der Waals surface area contributed by atoms with E-state index in [1.807, 2.05) is 12.1 Å². The van der Waals surface area contributed by atoms with Crippen molar-refractivity contribution in [1.82, 2.24) is 10.6 Å². The molecule has 1 aromatic rings. The number of para-hydroxylation sites is 1. The molecule has 0 radical (unpaired) electrons. The van der Waals surface area contributed by atoms with Crippen molar-refractivity contribution in [3.05, 3.63) is 29.8 Å². The van der Waals surface area contributed by atoms with E-state index in [1.54, 1.807) is 23.9 Å². The van der Waals surface area contributed by atoms with Gasteiger partial charge in [0.1, 0.15) is 12.6 Å². The Morgan fingerprint density at radius 1 is 1.19 bits per heavy atom. The molecule has 2 heterocycles. The van der Waals surface area contributed by atoms with Crippen molar-refractivity contribution in [2.24, 2.45) is 5.92 Å². The number of aryl methyl sites for hydroxylation is 1. The van der Waals surface area contributed by atoms with Gasteiger partial charge in [0, 0.05) is 11.4 Å². The first kappa shape index (κ1) is 26.1. The molecule has 1 aromatic carbocycles. The number of hydrogen-bond donors (Lipinski definition) is 4. The number of hydrogen-bond acceptors (Lipinski definition) is 6. The number of aliphatic carboxylic acids is 2. The van der Waals surface area contributed by atoms with Crippen molar-refractivity contribution in [3.8, 4) is 0 Å². The van der Waals surface area contributed by atoms with Crippen LogP contribution in [0.3, 0.4) is 0 Å². The summed E-state index contributed by atoms with van der Waals surface area (Å²) >= 11 is 1.59. The second kappa shape index (κ2) is 12.8. The Morgan fingerprint density at radius 2 is 1.91 bits per heavy atom. The van der Waals surface area contributed by atoms with Crippen LogP contribution >= 0.6 is 11.8 Å². The molecule has 0 saturated carbocycles. The van der Waals surface area contributed by atoms with Crippen LogP contribution in [0.1, 0.15) is 31.2 Å². The van der Waals surface area contributed by atoms with Gasteiger partial charge in [-0.05, 0) is 68.5 Å². The number of thioether (sulfide) groups is 1. The maximum absolute atomic E-state index is 13.1. The highest BCUT2D eigenvalue weighted by atomic mass is 32.2. The Morgan fingerprint density at radius 3 is 2.59 bits per heavy atom. The minimum atomic E-state index is -1.10. The van der Waals surface area contributed by atoms with Gasteiger partial charge in [0.2, 0.25) is 5.91 Å². The highest BCUT2D eigenvalue weighted by Crippen LogP contribution is 2.27. The highest BCUT2D eigenvalue weighted by molar-refractivity contribution is 7.99. The zero-order chi connectivity index (χ0) is 22.2. The number of carboxylic acids is 2. The summed E-state index contributed by atoms with van der Waals surface area (Å²) in [6, 6.07) is 5.65. The van der Waals surface area contributed by atoms with Crippen LogP contribution in [0.4, 0.5) is 5.69 Å². The lowest BCUT2D eigenvalue weighted by Crippen LogP contribution is -2.53. The van der Waals surface area contributed by atoms with Gasteiger partial charge in [0.25, 0.3) is 0 Å². The second-order valence-corrected chi connectivity index (χ2v) is 9.30. The standard InChI is InChI=1S/C22H31N3O5S.H2O/c26-20(27)13-25-19-4-2-1-3-16(19)5-6-17(21(25)28)24-18(22(29)30)14-31-12-9-15-7-10-23-11-8-15;/h1-4,15,17-18,23-24H,5-14H2,(H,26,27)(H,29,30);1H2/t17?,18-;/m0./s1. The Bertz CT molecular complexity index is 787. The molecule has 0 aromatic heterocycles. The number of carbonyl (C=O) groups excluding carboxylic acids is 1. The maximum atomic E-state index is 13.1. The first-order chi connectivity index (χ1) is 15.0. The predicted molar refractivity (Wildman–Crippen MR) is 124 cm³/mol. The number of carboxylic acid groups (broad SMARTS) is 2. The van der Waals surface area contributed by atoms with E-state index in [9.17, 15) is 24.6 Å². The van der Waals surface area contributed by atoms with E-state index in [-0.39, 0.29) is 5.48 Å².